The maximum atomic E-state index is 12.7. The summed E-state index contributed by atoms with van der Waals surface area (Å²) in [6, 6.07) is 13.7. The van der Waals surface area contributed by atoms with Crippen LogP contribution in [0.3, 0.4) is 0 Å². The molecule has 2 aromatic rings. The highest BCUT2D eigenvalue weighted by Gasteiger charge is 2.30. The van der Waals surface area contributed by atoms with Gasteiger partial charge in [0.1, 0.15) is 0 Å². The summed E-state index contributed by atoms with van der Waals surface area (Å²) >= 11 is 11.8. The van der Waals surface area contributed by atoms with Crippen molar-refractivity contribution in [1.82, 2.24) is 14.1 Å². The number of hydrogen-bond acceptors (Lipinski definition) is 4. The molecule has 0 radical (unpaired) electrons. The lowest BCUT2D eigenvalue weighted by atomic mass is 10.2. The number of halogens is 2. The van der Waals surface area contributed by atoms with Crippen molar-refractivity contribution in [3.63, 3.8) is 0 Å². The third kappa shape index (κ3) is 5.71. The van der Waals surface area contributed by atoms with Gasteiger partial charge in [0.2, 0.25) is 15.9 Å². The molecular weight excluding hydrogens is 433 g/mol. The van der Waals surface area contributed by atoms with Crippen LogP contribution in [0.25, 0.3) is 0 Å². The number of nitrogens with zero attached hydrogens (tertiary/aromatic N) is 3. The van der Waals surface area contributed by atoms with Crippen molar-refractivity contribution >= 4 is 39.1 Å². The van der Waals surface area contributed by atoms with Crippen LogP contribution in [-0.2, 0) is 21.4 Å². The van der Waals surface area contributed by atoms with Crippen LogP contribution in [0.5, 0.6) is 0 Å². The minimum atomic E-state index is -3.58. The highest BCUT2D eigenvalue weighted by Crippen LogP contribution is 2.20. The minimum Gasteiger partial charge on any atom is -0.339 e. The molecule has 0 bridgehead atoms. The van der Waals surface area contributed by atoms with E-state index < -0.39 is 10.0 Å². The molecule has 0 spiro atoms. The Labute approximate surface area is 181 Å². The molecule has 0 N–H and O–H groups in total. The molecule has 0 aromatic heterocycles. The summed E-state index contributed by atoms with van der Waals surface area (Å²) < 4.78 is 26.9. The quantitative estimate of drug-likeness (QED) is 0.671. The van der Waals surface area contributed by atoms with Gasteiger partial charge < -0.3 is 4.90 Å². The number of hydrogen-bond donors (Lipinski definition) is 0. The van der Waals surface area contributed by atoms with Crippen molar-refractivity contribution < 1.29 is 13.2 Å². The predicted octanol–water partition coefficient (Wildman–Crippen LogP) is 2.96. The first kappa shape index (κ1) is 22.1. The van der Waals surface area contributed by atoms with Gasteiger partial charge in [-0.1, -0.05) is 35.3 Å². The van der Waals surface area contributed by atoms with Crippen molar-refractivity contribution in [2.45, 2.75) is 11.4 Å². The Morgan fingerprint density at radius 3 is 2.28 bits per heavy atom. The van der Waals surface area contributed by atoms with E-state index in [0.717, 1.165) is 5.56 Å². The van der Waals surface area contributed by atoms with Gasteiger partial charge in [0.25, 0.3) is 0 Å². The molecule has 3 rings (SSSR count). The van der Waals surface area contributed by atoms with Crippen LogP contribution in [0.1, 0.15) is 5.56 Å². The predicted molar refractivity (Wildman–Crippen MR) is 115 cm³/mol. The molecule has 2 aromatic carbocycles. The van der Waals surface area contributed by atoms with Crippen molar-refractivity contribution in [3.8, 4) is 0 Å². The maximum Gasteiger partial charge on any atom is 0.243 e. The lowest BCUT2D eigenvalue weighted by Crippen LogP contribution is -2.52. The summed E-state index contributed by atoms with van der Waals surface area (Å²) in [4.78, 5) is 16.4. The number of sulfonamides is 1. The molecule has 6 nitrogen and oxygen atoms in total. The topological polar surface area (TPSA) is 60.9 Å². The first-order valence-electron chi connectivity index (χ1n) is 9.22. The molecule has 0 unspecified atom stereocenters. The fourth-order valence-corrected chi connectivity index (χ4v) is 5.03. The second-order valence-corrected chi connectivity index (χ2v) is 9.85. The number of carbonyl (C=O) groups excluding carboxylic acids is 1. The Morgan fingerprint density at radius 1 is 1.00 bits per heavy atom. The van der Waals surface area contributed by atoms with Gasteiger partial charge in [0.15, 0.2) is 0 Å². The minimum absolute atomic E-state index is 0.0157. The Kier molecular flexibility index (Phi) is 7.19. The Hall–Kier alpha value is -1.64. The number of piperazine rings is 1. The smallest absolute Gasteiger partial charge is 0.243 e. The average Bonchev–Trinajstić information content (AvgIpc) is 2.68. The van der Waals surface area contributed by atoms with E-state index in [2.05, 4.69) is 0 Å². The number of likely N-dealkylation sites (N-methyl/N-ethyl adjacent to an activating group) is 1. The second-order valence-electron chi connectivity index (χ2n) is 7.04. The number of rotatable bonds is 6. The van der Waals surface area contributed by atoms with E-state index in [1.807, 2.05) is 36.2 Å². The molecule has 0 atom stereocenters. The lowest BCUT2D eigenvalue weighted by molar-refractivity contribution is -0.133. The molecule has 0 aliphatic carbocycles. The number of carbonyl (C=O) groups is 1. The summed E-state index contributed by atoms with van der Waals surface area (Å²) in [5.41, 5.74) is 1.03. The van der Waals surface area contributed by atoms with E-state index in [4.69, 9.17) is 23.2 Å². The summed E-state index contributed by atoms with van der Waals surface area (Å²) in [6.45, 7) is 2.16. The average molecular weight is 456 g/mol. The highest BCUT2D eigenvalue weighted by atomic mass is 35.5. The van der Waals surface area contributed by atoms with Crippen LogP contribution in [0.2, 0.25) is 10.0 Å². The number of amides is 1. The molecular formula is C20H23Cl2N3O3S. The summed E-state index contributed by atoms with van der Waals surface area (Å²) in [5, 5.41) is 1.15. The van der Waals surface area contributed by atoms with Crippen LogP contribution < -0.4 is 0 Å². The molecule has 1 heterocycles. The zero-order chi connectivity index (χ0) is 21.0. The van der Waals surface area contributed by atoms with Gasteiger partial charge in [-0.05, 0) is 49.0 Å². The van der Waals surface area contributed by atoms with Crippen molar-refractivity contribution in [3.05, 3.63) is 64.1 Å². The molecule has 29 heavy (non-hydrogen) atoms. The van der Waals surface area contributed by atoms with E-state index in [1.165, 1.54) is 16.4 Å². The fourth-order valence-electron chi connectivity index (χ4n) is 3.27. The Bertz CT molecular complexity index is 959. The van der Waals surface area contributed by atoms with E-state index in [-0.39, 0.29) is 30.4 Å². The molecule has 1 aliphatic rings. The summed E-state index contributed by atoms with van der Waals surface area (Å²) in [7, 11) is -1.71. The van der Waals surface area contributed by atoms with E-state index >= 15 is 0 Å². The second kappa shape index (κ2) is 9.45. The van der Waals surface area contributed by atoms with Crippen molar-refractivity contribution in [2.24, 2.45) is 0 Å². The summed E-state index contributed by atoms with van der Waals surface area (Å²) in [5.74, 6) is -0.0157. The SMILES string of the molecule is CN(CC(=O)N1CCN(S(=O)(=O)c2ccc(Cl)cc2)CC1)Cc1cccc(Cl)c1. The highest BCUT2D eigenvalue weighted by molar-refractivity contribution is 7.89. The standard InChI is InChI=1S/C20H23Cl2N3O3S/c1-23(14-16-3-2-4-18(22)13-16)15-20(26)24-9-11-25(12-10-24)29(27,28)19-7-5-17(21)6-8-19/h2-8,13H,9-12,14-15H2,1H3. The monoisotopic (exact) mass is 455 g/mol. The Morgan fingerprint density at radius 2 is 1.66 bits per heavy atom. The first-order chi connectivity index (χ1) is 13.8. The molecule has 1 saturated heterocycles. The normalized spacial score (nSPS) is 15.7. The van der Waals surface area contributed by atoms with Gasteiger partial charge in [-0.15, -0.1) is 0 Å². The van der Waals surface area contributed by atoms with Crippen LogP contribution in [0.15, 0.2) is 53.4 Å². The van der Waals surface area contributed by atoms with E-state index in [0.29, 0.717) is 29.7 Å². The van der Waals surface area contributed by atoms with Gasteiger partial charge in [0.05, 0.1) is 11.4 Å². The van der Waals surface area contributed by atoms with Crippen LogP contribution in [0.4, 0.5) is 0 Å². The van der Waals surface area contributed by atoms with Crippen LogP contribution in [-0.4, -0.2) is 68.2 Å². The van der Waals surface area contributed by atoms with Crippen molar-refractivity contribution in [1.29, 1.82) is 0 Å². The first-order valence-corrected chi connectivity index (χ1v) is 11.4. The van der Waals surface area contributed by atoms with E-state index in [9.17, 15) is 13.2 Å². The fraction of sp³-hybridized carbons (Fsp3) is 0.350. The molecule has 156 valence electrons. The van der Waals surface area contributed by atoms with Gasteiger partial charge >= 0.3 is 0 Å². The van der Waals surface area contributed by atoms with Gasteiger partial charge in [-0.25, -0.2) is 8.42 Å². The lowest BCUT2D eigenvalue weighted by Gasteiger charge is -2.34. The third-order valence-corrected chi connectivity index (χ3v) is 7.19. The summed E-state index contributed by atoms with van der Waals surface area (Å²) in [6.07, 6.45) is 0. The number of benzene rings is 2. The zero-order valence-corrected chi connectivity index (χ0v) is 18.4. The Balaban J connectivity index is 1.53. The molecule has 1 aliphatic heterocycles. The molecule has 9 heteroatoms. The molecule has 1 fully saturated rings. The molecule has 0 saturated carbocycles. The van der Waals surface area contributed by atoms with Crippen LogP contribution in [0, 0.1) is 0 Å². The van der Waals surface area contributed by atoms with Gasteiger partial charge in [-0.2, -0.15) is 4.31 Å². The van der Waals surface area contributed by atoms with Gasteiger partial charge in [-0.3, -0.25) is 9.69 Å². The largest absolute Gasteiger partial charge is 0.339 e. The third-order valence-electron chi connectivity index (χ3n) is 4.79. The van der Waals surface area contributed by atoms with Crippen LogP contribution >= 0.6 is 23.2 Å². The molecule has 1 amide bonds. The van der Waals surface area contributed by atoms with Gasteiger partial charge in [0, 0.05) is 42.8 Å². The van der Waals surface area contributed by atoms with Crippen molar-refractivity contribution in [2.75, 3.05) is 39.8 Å². The van der Waals surface area contributed by atoms with E-state index in [1.54, 1.807) is 17.0 Å². The maximum absolute atomic E-state index is 12.7. The zero-order valence-electron chi connectivity index (χ0n) is 16.1.